The lowest BCUT2D eigenvalue weighted by Gasteiger charge is -2.43. The van der Waals surface area contributed by atoms with Crippen molar-refractivity contribution in [2.24, 2.45) is 5.92 Å². The lowest BCUT2D eigenvalue weighted by atomic mass is 9.82. The van der Waals surface area contributed by atoms with Crippen molar-refractivity contribution in [2.75, 3.05) is 20.1 Å². The highest BCUT2D eigenvalue weighted by Crippen LogP contribution is 2.37. The zero-order chi connectivity index (χ0) is 10.5. The van der Waals surface area contributed by atoms with Gasteiger partial charge in [0.15, 0.2) is 7.85 Å². The number of hydrogen-bond acceptors (Lipinski definition) is 2. The Kier molecular flexibility index (Phi) is 2.14. The first-order valence-corrected chi connectivity index (χ1v) is 5.25. The second kappa shape index (κ2) is 2.99. The molecule has 0 aromatic carbocycles. The molecule has 3 unspecified atom stereocenters. The van der Waals surface area contributed by atoms with Crippen molar-refractivity contribution in [1.29, 1.82) is 0 Å². The van der Waals surface area contributed by atoms with Gasteiger partial charge >= 0.3 is 0 Å². The Labute approximate surface area is 86.2 Å². The summed E-state index contributed by atoms with van der Waals surface area (Å²) in [5.41, 5.74) is 0.0563. The minimum absolute atomic E-state index is 0.230. The van der Waals surface area contributed by atoms with Gasteiger partial charge in [-0.15, -0.1) is 0 Å². The molecule has 2 aliphatic heterocycles. The highest BCUT2D eigenvalue weighted by molar-refractivity contribution is 6.14. The summed E-state index contributed by atoms with van der Waals surface area (Å²) in [6.45, 7) is 7.73. The molecule has 2 fully saturated rings. The first-order valence-electron chi connectivity index (χ1n) is 5.25. The van der Waals surface area contributed by atoms with Gasteiger partial charge in [-0.3, -0.25) is 9.29 Å². The second-order valence-corrected chi connectivity index (χ2v) is 5.06. The summed E-state index contributed by atoms with van der Waals surface area (Å²) in [4.78, 5) is 4.37. The van der Waals surface area contributed by atoms with Crippen LogP contribution in [-0.4, -0.2) is 49.5 Å². The Bertz CT molecular complexity index is 267. The maximum absolute atomic E-state index is 13.9. The molecule has 0 aromatic heterocycles. The number of alkyl halides is 1. The van der Waals surface area contributed by atoms with E-state index >= 15 is 0 Å². The van der Waals surface area contributed by atoms with Crippen molar-refractivity contribution in [3.63, 3.8) is 0 Å². The standard InChI is InChI=1S/C10H18BFN2/c1-7-5-13(3)9-4-10(11,12)6-14(9)8(7)2/h7,9H,2,4-6,11H2,1,3H3. The molecule has 2 rings (SSSR count). The average Bonchev–Trinajstić information content (AvgIpc) is 2.38. The quantitative estimate of drug-likeness (QED) is 0.518. The Morgan fingerprint density at radius 2 is 2.29 bits per heavy atom. The fourth-order valence-corrected chi connectivity index (χ4v) is 2.64. The molecule has 78 valence electrons. The minimum atomic E-state index is -1.05. The Morgan fingerprint density at radius 3 is 2.93 bits per heavy atom. The van der Waals surface area contributed by atoms with E-state index in [9.17, 15) is 4.39 Å². The van der Waals surface area contributed by atoms with E-state index in [1.807, 2.05) is 0 Å². The zero-order valence-corrected chi connectivity index (χ0v) is 9.26. The third kappa shape index (κ3) is 1.46. The van der Waals surface area contributed by atoms with Gasteiger partial charge < -0.3 is 4.90 Å². The molecule has 2 aliphatic rings. The SMILES string of the molecule is BC1(F)CC2N(C)CC(C)C(=C)N2C1. The summed E-state index contributed by atoms with van der Waals surface area (Å²) >= 11 is 0. The fourth-order valence-electron chi connectivity index (χ4n) is 2.64. The normalized spacial score (nSPS) is 44.2. The lowest BCUT2D eigenvalue weighted by Crippen LogP contribution is -2.50. The Morgan fingerprint density at radius 1 is 1.64 bits per heavy atom. The van der Waals surface area contributed by atoms with Crippen LogP contribution in [0.1, 0.15) is 13.3 Å². The molecule has 0 saturated carbocycles. The van der Waals surface area contributed by atoms with Crippen molar-refractivity contribution >= 4 is 7.85 Å². The van der Waals surface area contributed by atoms with Gasteiger partial charge in [-0.2, -0.15) is 0 Å². The van der Waals surface area contributed by atoms with Crippen molar-refractivity contribution in [2.45, 2.75) is 25.1 Å². The van der Waals surface area contributed by atoms with E-state index < -0.39 is 5.57 Å². The maximum Gasteiger partial charge on any atom is 0.152 e. The zero-order valence-electron chi connectivity index (χ0n) is 9.26. The van der Waals surface area contributed by atoms with E-state index in [1.165, 1.54) is 0 Å². The molecule has 0 aliphatic carbocycles. The van der Waals surface area contributed by atoms with Crippen molar-refractivity contribution in [3.05, 3.63) is 12.3 Å². The van der Waals surface area contributed by atoms with Gasteiger partial charge in [0.1, 0.15) is 0 Å². The predicted molar refractivity (Wildman–Crippen MR) is 58.4 cm³/mol. The number of rotatable bonds is 0. The Balaban J connectivity index is 2.22. The summed E-state index contributed by atoms with van der Waals surface area (Å²) in [7, 11) is 3.76. The molecule has 0 spiro atoms. The molecule has 3 atom stereocenters. The molecule has 2 heterocycles. The fraction of sp³-hybridized carbons (Fsp3) is 0.800. The van der Waals surface area contributed by atoms with Crippen LogP contribution in [0, 0.1) is 5.92 Å². The van der Waals surface area contributed by atoms with E-state index in [0.717, 1.165) is 12.2 Å². The monoisotopic (exact) mass is 196 g/mol. The average molecular weight is 196 g/mol. The number of halogens is 1. The molecule has 0 N–H and O–H groups in total. The third-order valence-corrected chi connectivity index (χ3v) is 3.48. The minimum Gasteiger partial charge on any atom is -0.357 e. The van der Waals surface area contributed by atoms with Crippen molar-refractivity contribution in [1.82, 2.24) is 9.80 Å². The maximum atomic E-state index is 13.9. The number of nitrogens with zero attached hydrogens (tertiary/aromatic N) is 2. The molecule has 0 aromatic rings. The largest absolute Gasteiger partial charge is 0.357 e. The number of hydrogen-bond donors (Lipinski definition) is 0. The van der Waals surface area contributed by atoms with E-state index in [4.69, 9.17) is 0 Å². The molecule has 2 saturated heterocycles. The second-order valence-electron chi connectivity index (χ2n) is 5.06. The first kappa shape index (κ1) is 10.0. The van der Waals surface area contributed by atoms with Crippen LogP contribution in [0.4, 0.5) is 4.39 Å². The lowest BCUT2D eigenvalue weighted by molar-refractivity contribution is 0.0652. The van der Waals surface area contributed by atoms with Crippen LogP contribution < -0.4 is 0 Å². The predicted octanol–water partition coefficient (Wildman–Crippen LogP) is 0.412. The third-order valence-electron chi connectivity index (χ3n) is 3.48. The van der Waals surface area contributed by atoms with Crippen LogP contribution in [-0.2, 0) is 0 Å². The summed E-state index contributed by atoms with van der Waals surface area (Å²) in [5.74, 6) is 0.449. The molecular weight excluding hydrogens is 178 g/mol. The Hall–Kier alpha value is -0.505. The van der Waals surface area contributed by atoms with Gasteiger partial charge in [-0.05, 0) is 7.05 Å². The van der Waals surface area contributed by atoms with Crippen LogP contribution in [0.2, 0.25) is 0 Å². The van der Waals surface area contributed by atoms with Crippen LogP contribution in [0.15, 0.2) is 12.3 Å². The van der Waals surface area contributed by atoms with Crippen LogP contribution in [0.5, 0.6) is 0 Å². The van der Waals surface area contributed by atoms with Gasteiger partial charge in [0.05, 0.1) is 11.7 Å². The summed E-state index contributed by atoms with van der Waals surface area (Å²) in [5, 5.41) is 0. The van der Waals surface area contributed by atoms with E-state index in [0.29, 0.717) is 18.9 Å². The van der Waals surface area contributed by atoms with Crippen LogP contribution in [0.3, 0.4) is 0 Å². The van der Waals surface area contributed by atoms with E-state index in [2.05, 4.69) is 30.4 Å². The first-order chi connectivity index (χ1) is 6.41. The molecule has 0 bridgehead atoms. The number of fused-ring (bicyclic) bond motifs is 1. The van der Waals surface area contributed by atoms with Crippen LogP contribution >= 0.6 is 0 Å². The van der Waals surface area contributed by atoms with Gasteiger partial charge in [0, 0.05) is 31.1 Å². The smallest absolute Gasteiger partial charge is 0.152 e. The van der Waals surface area contributed by atoms with Gasteiger partial charge in [-0.1, -0.05) is 13.5 Å². The van der Waals surface area contributed by atoms with Gasteiger partial charge in [-0.25, -0.2) is 0 Å². The van der Waals surface area contributed by atoms with E-state index in [-0.39, 0.29) is 6.17 Å². The molecular formula is C10H18BFN2. The molecule has 2 nitrogen and oxygen atoms in total. The molecule has 0 radical (unpaired) electrons. The summed E-state index contributed by atoms with van der Waals surface area (Å²) < 4.78 is 13.9. The van der Waals surface area contributed by atoms with E-state index in [1.54, 1.807) is 7.85 Å². The van der Waals surface area contributed by atoms with Gasteiger partial charge in [0.25, 0.3) is 0 Å². The summed E-state index contributed by atoms with van der Waals surface area (Å²) in [6.07, 6.45) is 0.837. The van der Waals surface area contributed by atoms with Crippen molar-refractivity contribution < 1.29 is 4.39 Å². The topological polar surface area (TPSA) is 6.48 Å². The van der Waals surface area contributed by atoms with Gasteiger partial charge in [0.2, 0.25) is 0 Å². The molecule has 0 amide bonds. The molecule has 4 heteroatoms. The molecule has 14 heavy (non-hydrogen) atoms. The van der Waals surface area contributed by atoms with Crippen LogP contribution in [0.25, 0.3) is 0 Å². The highest BCUT2D eigenvalue weighted by atomic mass is 19.1. The van der Waals surface area contributed by atoms with Crippen molar-refractivity contribution in [3.8, 4) is 0 Å². The highest BCUT2D eigenvalue weighted by Gasteiger charge is 2.46. The summed E-state index contributed by atoms with van der Waals surface area (Å²) in [6, 6.07) is 0.